The minimum Gasteiger partial charge on any atom is -0.391 e. The van der Waals surface area contributed by atoms with Gasteiger partial charge in [0, 0.05) is 6.54 Å². The van der Waals surface area contributed by atoms with E-state index in [9.17, 15) is 14.7 Å². The van der Waals surface area contributed by atoms with Crippen LogP contribution in [-0.4, -0.2) is 36.1 Å². The molecule has 5 nitrogen and oxygen atoms in total. The Labute approximate surface area is 123 Å². The van der Waals surface area contributed by atoms with Gasteiger partial charge in [0.05, 0.1) is 17.5 Å². The maximum absolute atomic E-state index is 11.6. The average molecular weight is 298 g/mol. The van der Waals surface area contributed by atoms with Crippen molar-refractivity contribution in [3.8, 4) is 0 Å². The van der Waals surface area contributed by atoms with Gasteiger partial charge in [0.1, 0.15) is 0 Å². The van der Waals surface area contributed by atoms with Gasteiger partial charge in [-0.15, -0.1) is 11.3 Å². The average Bonchev–Trinajstić information content (AvgIpc) is 2.98. The summed E-state index contributed by atoms with van der Waals surface area (Å²) in [5.41, 5.74) is 0. The minimum absolute atomic E-state index is 0.0770. The van der Waals surface area contributed by atoms with Crippen LogP contribution in [0.25, 0.3) is 0 Å². The number of nitrogens with one attached hydrogen (secondary N) is 2. The first-order valence-electron chi connectivity index (χ1n) is 6.84. The molecule has 0 saturated carbocycles. The molecule has 1 heterocycles. The molecule has 0 spiro atoms. The van der Waals surface area contributed by atoms with Crippen LogP contribution in [0.5, 0.6) is 0 Å². The second kappa shape index (κ2) is 8.71. The van der Waals surface area contributed by atoms with Crippen LogP contribution in [0.15, 0.2) is 17.5 Å². The molecule has 0 aliphatic carbocycles. The summed E-state index contributed by atoms with van der Waals surface area (Å²) in [6.07, 6.45) is 1.22. The Morgan fingerprint density at radius 1 is 1.30 bits per heavy atom. The topological polar surface area (TPSA) is 78.4 Å². The summed E-state index contributed by atoms with van der Waals surface area (Å²) in [5.74, 6) is -0.355. The van der Waals surface area contributed by atoms with Crippen molar-refractivity contribution < 1.29 is 14.7 Å². The van der Waals surface area contributed by atoms with Gasteiger partial charge in [0.25, 0.3) is 5.91 Å². The van der Waals surface area contributed by atoms with E-state index in [-0.39, 0.29) is 30.8 Å². The fourth-order valence-electron chi connectivity index (χ4n) is 1.94. The van der Waals surface area contributed by atoms with Gasteiger partial charge in [-0.2, -0.15) is 0 Å². The lowest BCUT2D eigenvalue weighted by molar-refractivity contribution is -0.120. The Kier molecular flexibility index (Phi) is 7.25. The Bertz CT molecular complexity index is 416. The van der Waals surface area contributed by atoms with E-state index in [1.165, 1.54) is 11.3 Å². The first kappa shape index (κ1) is 16.7. The van der Waals surface area contributed by atoms with Crippen LogP contribution in [0, 0.1) is 5.92 Å². The van der Waals surface area contributed by atoms with Crippen LogP contribution < -0.4 is 10.6 Å². The molecule has 0 aliphatic rings. The highest BCUT2D eigenvalue weighted by molar-refractivity contribution is 7.12. The second-order valence-electron chi connectivity index (χ2n) is 4.61. The summed E-state index contributed by atoms with van der Waals surface area (Å²) < 4.78 is 0. The van der Waals surface area contributed by atoms with Gasteiger partial charge < -0.3 is 15.7 Å². The summed E-state index contributed by atoms with van der Waals surface area (Å²) >= 11 is 1.33. The van der Waals surface area contributed by atoms with Crippen LogP contribution in [0.1, 0.15) is 36.4 Å². The smallest absolute Gasteiger partial charge is 0.261 e. The number of amides is 2. The fourth-order valence-corrected chi connectivity index (χ4v) is 2.58. The molecule has 112 valence electrons. The number of aliphatic hydroxyl groups excluding tert-OH is 1. The highest BCUT2D eigenvalue weighted by Gasteiger charge is 2.16. The molecule has 6 heteroatoms. The van der Waals surface area contributed by atoms with E-state index < -0.39 is 6.10 Å². The minimum atomic E-state index is -0.540. The van der Waals surface area contributed by atoms with Gasteiger partial charge in [-0.05, 0) is 17.4 Å². The van der Waals surface area contributed by atoms with Crippen LogP contribution in [-0.2, 0) is 4.79 Å². The lowest BCUT2D eigenvalue weighted by Gasteiger charge is -2.20. The molecule has 1 rings (SSSR count). The summed E-state index contributed by atoms with van der Waals surface area (Å²) in [6, 6.07) is 3.49. The fraction of sp³-hybridized carbons (Fsp3) is 0.571. The molecule has 1 aromatic rings. The number of hydrogen-bond acceptors (Lipinski definition) is 4. The van der Waals surface area contributed by atoms with Crippen molar-refractivity contribution in [2.45, 2.75) is 32.8 Å². The molecule has 0 radical (unpaired) electrons. The molecular weight excluding hydrogens is 276 g/mol. The van der Waals surface area contributed by atoms with E-state index in [1.54, 1.807) is 17.5 Å². The molecule has 1 unspecified atom stereocenters. The molecule has 0 fully saturated rings. The first-order valence-corrected chi connectivity index (χ1v) is 7.72. The molecule has 1 aromatic heterocycles. The third kappa shape index (κ3) is 5.30. The van der Waals surface area contributed by atoms with Gasteiger partial charge in [-0.25, -0.2) is 0 Å². The van der Waals surface area contributed by atoms with E-state index >= 15 is 0 Å². The van der Waals surface area contributed by atoms with Crippen molar-refractivity contribution in [2.24, 2.45) is 5.92 Å². The van der Waals surface area contributed by atoms with Crippen LogP contribution in [0.4, 0.5) is 0 Å². The highest BCUT2D eigenvalue weighted by atomic mass is 32.1. The van der Waals surface area contributed by atoms with Gasteiger partial charge in [-0.3, -0.25) is 9.59 Å². The van der Waals surface area contributed by atoms with Gasteiger partial charge in [-0.1, -0.05) is 32.8 Å². The predicted octanol–water partition coefficient (Wildman–Crippen LogP) is 1.39. The standard InChI is InChI=1S/C14H22N2O3S/c1-3-10(4-2)11(17)8-15-13(18)9-16-14(19)12-6-5-7-20-12/h5-7,10-11,17H,3-4,8-9H2,1-2H3,(H,15,18)(H,16,19). The van der Waals surface area contributed by atoms with Crippen molar-refractivity contribution in [2.75, 3.05) is 13.1 Å². The summed E-state index contributed by atoms with van der Waals surface area (Å²) in [6.45, 7) is 4.17. The lowest BCUT2D eigenvalue weighted by Crippen LogP contribution is -2.41. The molecule has 0 saturated heterocycles. The van der Waals surface area contributed by atoms with E-state index in [2.05, 4.69) is 10.6 Å². The molecule has 20 heavy (non-hydrogen) atoms. The maximum Gasteiger partial charge on any atom is 0.261 e. The van der Waals surface area contributed by atoms with Crippen LogP contribution in [0.2, 0.25) is 0 Å². The van der Waals surface area contributed by atoms with Crippen molar-refractivity contribution in [3.63, 3.8) is 0 Å². The maximum atomic E-state index is 11.6. The molecular formula is C14H22N2O3S. The van der Waals surface area contributed by atoms with Gasteiger partial charge >= 0.3 is 0 Å². The molecule has 3 N–H and O–H groups in total. The van der Waals surface area contributed by atoms with E-state index in [0.29, 0.717) is 4.88 Å². The monoisotopic (exact) mass is 298 g/mol. The summed E-state index contributed by atoms with van der Waals surface area (Å²) in [5, 5.41) is 16.9. The van der Waals surface area contributed by atoms with Crippen molar-refractivity contribution in [3.05, 3.63) is 22.4 Å². The molecule has 0 bridgehead atoms. The summed E-state index contributed by atoms with van der Waals surface area (Å²) in [4.78, 5) is 23.8. The molecule has 2 amide bonds. The normalized spacial score (nSPS) is 12.2. The Balaban J connectivity index is 2.25. The molecule has 1 atom stereocenters. The highest BCUT2D eigenvalue weighted by Crippen LogP contribution is 2.12. The van der Waals surface area contributed by atoms with Crippen molar-refractivity contribution in [1.29, 1.82) is 0 Å². The lowest BCUT2D eigenvalue weighted by atomic mass is 9.96. The van der Waals surface area contributed by atoms with Crippen LogP contribution in [0.3, 0.4) is 0 Å². The van der Waals surface area contributed by atoms with Gasteiger partial charge in [0.2, 0.25) is 5.91 Å². The quantitative estimate of drug-likeness (QED) is 0.678. The second-order valence-corrected chi connectivity index (χ2v) is 5.56. The van der Waals surface area contributed by atoms with E-state index in [4.69, 9.17) is 0 Å². The zero-order chi connectivity index (χ0) is 15.0. The Morgan fingerprint density at radius 2 is 2.00 bits per heavy atom. The van der Waals surface area contributed by atoms with Gasteiger partial charge in [0.15, 0.2) is 0 Å². The number of rotatable bonds is 8. The van der Waals surface area contributed by atoms with Crippen molar-refractivity contribution >= 4 is 23.2 Å². The third-order valence-electron chi connectivity index (χ3n) is 3.26. The van der Waals surface area contributed by atoms with E-state index in [1.807, 2.05) is 13.8 Å². The zero-order valence-electron chi connectivity index (χ0n) is 11.9. The Hall–Kier alpha value is -1.40. The number of carbonyl (C=O) groups excluding carboxylic acids is 2. The number of hydrogen-bond donors (Lipinski definition) is 3. The van der Waals surface area contributed by atoms with E-state index in [0.717, 1.165) is 12.8 Å². The summed E-state index contributed by atoms with van der Waals surface area (Å²) in [7, 11) is 0. The first-order chi connectivity index (χ1) is 9.58. The van der Waals surface area contributed by atoms with Crippen molar-refractivity contribution in [1.82, 2.24) is 10.6 Å². The van der Waals surface area contributed by atoms with Crippen LogP contribution >= 0.6 is 11.3 Å². The number of thiophene rings is 1. The largest absolute Gasteiger partial charge is 0.391 e. The molecule has 0 aliphatic heterocycles. The number of carbonyl (C=O) groups is 2. The Morgan fingerprint density at radius 3 is 2.55 bits per heavy atom. The number of aliphatic hydroxyl groups is 1. The molecule has 0 aromatic carbocycles. The SMILES string of the molecule is CCC(CC)C(O)CNC(=O)CNC(=O)c1cccs1. The zero-order valence-corrected chi connectivity index (χ0v) is 12.7. The third-order valence-corrected chi connectivity index (χ3v) is 4.12. The predicted molar refractivity (Wildman–Crippen MR) is 79.7 cm³/mol.